The van der Waals surface area contributed by atoms with Crippen molar-refractivity contribution in [3.8, 4) is 5.75 Å². The molecule has 0 spiro atoms. The lowest BCUT2D eigenvalue weighted by Gasteiger charge is -2.25. The van der Waals surface area contributed by atoms with Gasteiger partial charge in [0, 0.05) is 26.0 Å². The number of hydrogen-bond acceptors (Lipinski definition) is 6. The lowest BCUT2D eigenvalue weighted by Crippen LogP contribution is -2.29. The number of benzene rings is 2. The van der Waals surface area contributed by atoms with Gasteiger partial charge in [-0.05, 0) is 55.8 Å². The van der Waals surface area contributed by atoms with Crippen molar-refractivity contribution in [2.24, 2.45) is 0 Å². The molecular weight excluding hydrogens is 414 g/mol. The maximum atomic E-state index is 13.0. The molecule has 0 bridgehead atoms. The molecule has 1 atom stereocenters. The molecule has 0 saturated carbocycles. The normalized spacial score (nSPS) is 13.4. The molecule has 0 fully saturated rings. The predicted molar refractivity (Wildman–Crippen MR) is 111 cm³/mol. The first kappa shape index (κ1) is 23.3. The van der Waals surface area contributed by atoms with Crippen LogP contribution in [0, 0.1) is 0 Å². The van der Waals surface area contributed by atoms with Gasteiger partial charge in [-0.15, -0.1) is 0 Å². The summed E-state index contributed by atoms with van der Waals surface area (Å²) in [5.74, 6) is 0.565. The Balaban J connectivity index is 2.13. The Hall–Kier alpha value is -1.94. The van der Waals surface area contributed by atoms with Gasteiger partial charge in [0.15, 0.2) is 9.84 Å². The molecule has 0 N–H and O–H groups in total. The highest BCUT2D eigenvalue weighted by Crippen LogP contribution is 2.27. The minimum atomic E-state index is -3.74. The Bertz CT molecular complexity index is 1000. The zero-order chi connectivity index (χ0) is 21.7. The minimum Gasteiger partial charge on any atom is -0.491 e. The standard InChI is InChI=1S/C20H27NO6S2/c1-5-26-14-15-27-18-8-12-20(13-9-18)29(24,25)21(3)16(2)17-6-10-19(11-7-17)28(4,22)23/h6-13,16H,5,14-15H2,1-4H3. The summed E-state index contributed by atoms with van der Waals surface area (Å²) in [5, 5.41) is 0. The van der Waals surface area contributed by atoms with E-state index in [1.165, 1.54) is 35.6 Å². The summed E-state index contributed by atoms with van der Waals surface area (Å²) in [7, 11) is -5.54. The molecule has 160 valence electrons. The molecule has 0 radical (unpaired) electrons. The van der Waals surface area contributed by atoms with Crippen LogP contribution in [0.4, 0.5) is 0 Å². The highest BCUT2D eigenvalue weighted by Gasteiger charge is 2.26. The van der Waals surface area contributed by atoms with Crippen molar-refractivity contribution in [1.82, 2.24) is 4.31 Å². The lowest BCUT2D eigenvalue weighted by atomic mass is 10.1. The molecule has 0 aliphatic carbocycles. The third kappa shape index (κ3) is 6.02. The predicted octanol–water partition coefficient (Wildman–Crippen LogP) is 2.89. The van der Waals surface area contributed by atoms with Crippen LogP contribution in [0.15, 0.2) is 58.3 Å². The van der Waals surface area contributed by atoms with E-state index in [1.54, 1.807) is 31.2 Å². The van der Waals surface area contributed by atoms with Crippen LogP contribution in [0.5, 0.6) is 5.75 Å². The first-order chi connectivity index (χ1) is 13.6. The van der Waals surface area contributed by atoms with Crippen LogP contribution in [0.2, 0.25) is 0 Å². The molecule has 0 aromatic heterocycles. The maximum Gasteiger partial charge on any atom is 0.243 e. The first-order valence-electron chi connectivity index (χ1n) is 9.16. The molecule has 29 heavy (non-hydrogen) atoms. The van der Waals surface area contributed by atoms with Gasteiger partial charge < -0.3 is 9.47 Å². The monoisotopic (exact) mass is 441 g/mol. The quantitative estimate of drug-likeness (QED) is 0.527. The van der Waals surface area contributed by atoms with E-state index in [0.29, 0.717) is 31.1 Å². The number of rotatable bonds is 10. The van der Waals surface area contributed by atoms with Crippen molar-refractivity contribution in [3.05, 3.63) is 54.1 Å². The van der Waals surface area contributed by atoms with Crippen LogP contribution in [0.25, 0.3) is 0 Å². The molecule has 2 rings (SSSR count). The van der Waals surface area contributed by atoms with E-state index in [1.807, 2.05) is 6.92 Å². The molecule has 2 aromatic carbocycles. The molecule has 0 aliphatic heterocycles. The highest BCUT2D eigenvalue weighted by molar-refractivity contribution is 7.90. The third-order valence-corrected chi connectivity index (χ3v) is 7.61. The number of ether oxygens (including phenoxy) is 2. The van der Waals surface area contributed by atoms with Crippen LogP contribution in [-0.2, 0) is 24.6 Å². The Labute approximate surface area is 173 Å². The highest BCUT2D eigenvalue weighted by atomic mass is 32.2. The molecule has 9 heteroatoms. The van der Waals surface area contributed by atoms with Crippen LogP contribution >= 0.6 is 0 Å². The van der Waals surface area contributed by atoms with Gasteiger partial charge in [-0.3, -0.25) is 0 Å². The molecule has 2 aromatic rings. The van der Waals surface area contributed by atoms with E-state index in [4.69, 9.17) is 9.47 Å². The Morgan fingerprint density at radius 2 is 1.45 bits per heavy atom. The fourth-order valence-corrected chi connectivity index (χ4v) is 4.63. The molecular formula is C20H27NO6S2. The zero-order valence-corrected chi connectivity index (χ0v) is 18.7. The lowest BCUT2D eigenvalue weighted by molar-refractivity contribution is 0.110. The summed E-state index contributed by atoms with van der Waals surface area (Å²) in [4.78, 5) is 0.343. The number of sulfone groups is 1. The second kappa shape index (κ2) is 9.71. The van der Waals surface area contributed by atoms with Crippen molar-refractivity contribution in [1.29, 1.82) is 0 Å². The zero-order valence-electron chi connectivity index (χ0n) is 17.0. The van der Waals surface area contributed by atoms with Crippen molar-refractivity contribution >= 4 is 19.9 Å². The molecule has 0 amide bonds. The van der Waals surface area contributed by atoms with Gasteiger partial charge >= 0.3 is 0 Å². The smallest absolute Gasteiger partial charge is 0.243 e. The van der Waals surface area contributed by atoms with E-state index in [0.717, 1.165) is 6.26 Å². The summed E-state index contributed by atoms with van der Waals surface area (Å²) in [6.45, 7) is 5.12. The maximum absolute atomic E-state index is 13.0. The second-order valence-electron chi connectivity index (χ2n) is 6.56. The molecule has 0 heterocycles. The summed E-state index contributed by atoms with van der Waals surface area (Å²) < 4.78 is 61.1. The average molecular weight is 442 g/mol. The van der Waals surface area contributed by atoms with Crippen molar-refractivity contribution in [3.63, 3.8) is 0 Å². The van der Waals surface area contributed by atoms with Gasteiger partial charge in [0.05, 0.1) is 16.4 Å². The number of nitrogens with zero attached hydrogens (tertiary/aromatic N) is 1. The van der Waals surface area contributed by atoms with E-state index in [2.05, 4.69) is 0 Å². The fourth-order valence-electron chi connectivity index (χ4n) is 2.65. The van der Waals surface area contributed by atoms with Gasteiger partial charge in [0.1, 0.15) is 12.4 Å². The topological polar surface area (TPSA) is 90.0 Å². The average Bonchev–Trinajstić information content (AvgIpc) is 2.70. The van der Waals surface area contributed by atoms with Crippen molar-refractivity contribution < 1.29 is 26.3 Å². The van der Waals surface area contributed by atoms with E-state index >= 15 is 0 Å². The van der Waals surface area contributed by atoms with Gasteiger partial charge in [-0.25, -0.2) is 16.8 Å². The van der Waals surface area contributed by atoms with Gasteiger partial charge in [-0.2, -0.15) is 4.31 Å². The fraction of sp³-hybridized carbons (Fsp3) is 0.400. The largest absolute Gasteiger partial charge is 0.491 e. The third-order valence-electron chi connectivity index (χ3n) is 4.54. The van der Waals surface area contributed by atoms with Crippen LogP contribution in [0.3, 0.4) is 0 Å². The Morgan fingerprint density at radius 3 is 1.97 bits per heavy atom. The first-order valence-corrected chi connectivity index (χ1v) is 12.5. The van der Waals surface area contributed by atoms with E-state index < -0.39 is 25.9 Å². The summed E-state index contributed by atoms with van der Waals surface area (Å²) in [6.07, 6.45) is 1.13. The SMILES string of the molecule is CCOCCOc1ccc(S(=O)(=O)N(C)C(C)c2ccc(S(C)(=O)=O)cc2)cc1. The second-order valence-corrected chi connectivity index (χ2v) is 10.6. The molecule has 0 saturated heterocycles. The van der Waals surface area contributed by atoms with Crippen LogP contribution < -0.4 is 4.74 Å². The molecule has 0 aliphatic rings. The van der Waals surface area contributed by atoms with Gasteiger partial charge in [0.25, 0.3) is 0 Å². The molecule has 1 unspecified atom stereocenters. The van der Waals surface area contributed by atoms with Gasteiger partial charge in [0.2, 0.25) is 10.0 Å². The minimum absolute atomic E-state index is 0.150. The van der Waals surface area contributed by atoms with Gasteiger partial charge in [-0.1, -0.05) is 12.1 Å². The number of sulfonamides is 1. The molecule has 7 nitrogen and oxygen atoms in total. The summed E-state index contributed by atoms with van der Waals surface area (Å²) in [5.41, 5.74) is 0.694. The Morgan fingerprint density at radius 1 is 0.897 bits per heavy atom. The van der Waals surface area contributed by atoms with Crippen molar-refractivity contribution in [2.45, 2.75) is 29.7 Å². The summed E-state index contributed by atoms with van der Waals surface area (Å²) >= 11 is 0. The van der Waals surface area contributed by atoms with E-state index in [9.17, 15) is 16.8 Å². The number of hydrogen-bond donors (Lipinski definition) is 0. The van der Waals surface area contributed by atoms with Crippen LogP contribution in [0.1, 0.15) is 25.5 Å². The Kier molecular flexibility index (Phi) is 7.81. The summed E-state index contributed by atoms with van der Waals surface area (Å²) in [6, 6.07) is 12.0. The van der Waals surface area contributed by atoms with E-state index in [-0.39, 0.29) is 9.79 Å². The van der Waals surface area contributed by atoms with Crippen molar-refractivity contribution in [2.75, 3.05) is 33.1 Å². The van der Waals surface area contributed by atoms with Crippen LogP contribution in [-0.4, -0.2) is 54.3 Å².